The van der Waals surface area contributed by atoms with Gasteiger partial charge in [-0.05, 0) is 25.0 Å². The van der Waals surface area contributed by atoms with Crippen molar-refractivity contribution >= 4 is 39.1 Å². The van der Waals surface area contributed by atoms with Crippen LogP contribution in [0.25, 0.3) is 0 Å². The molecule has 0 saturated carbocycles. The van der Waals surface area contributed by atoms with Crippen LogP contribution >= 0.6 is 15.9 Å². The number of likely N-dealkylation sites (tertiary alicyclic amines) is 1. The number of carbonyl (C=O) groups is 2. The van der Waals surface area contributed by atoms with Gasteiger partial charge < -0.3 is 15.5 Å². The van der Waals surface area contributed by atoms with Crippen molar-refractivity contribution in [1.82, 2.24) is 10.2 Å². The highest BCUT2D eigenvalue weighted by molar-refractivity contribution is 9.10. The Kier molecular flexibility index (Phi) is 6.13. The first-order valence-corrected chi connectivity index (χ1v) is 8.54. The number of hydrogen-bond acceptors (Lipinski definition) is 5. The minimum atomic E-state index is -0.533. The van der Waals surface area contributed by atoms with Crippen LogP contribution in [0.4, 0.5) is 11.4 Å². The van der Waals surface area contributed by atoms with Gasteiger partial charge >= 0.3 is 0 Å². The van der Waals surface area contributed by atoms with Gasteiger partial charge in [0, 0.05) is 36.7 Å². The summed E-state index contributed by atoms with van der Waals surface area (Å²) in [5.41, 5.74) is 0.140. The maximum atomic E-state index is 12.1. The van der Waals surface area contributed by atoms with E-state index in [1.54, 1.807) is 4.90 Å². The second kappa shape index (κ2) is 8.11. The normalized spacial score (nSPS) is 16.9. The van der Waals surface area contributed by atoms with Gasteiger partial charge in [0.25, 0.3) is 11.6 Å². The van der Waals surface area contributed by atoms with Crippen LogP contribution in [-0.2, 0) is 4.79 Å². The summed E-state index contributed by atoms with van der Waals surface area (Å²) in [6.07, 6.45) is 2.75. The fraction of sp³-hybridized carbons (Fsp3) is 0.375. The number of carbonyl (C=O) groups excluding carboxylic acids is 2. The lowest BCUT2D eigenvalue weighted by Gasteiger charge is -2.33. The van der Waals surface area contributed by atoms with Crippen LogP contribution in [0.1, 0.15) is 23.2 Å². The Morgan fingerprint density at radius 2 is 2.20 bits per heavy atom. The third-order valence-corrected chi connectivity index (χ3v) is 4.46. The van der Waals surface area contributed by atoms with E-state index in [0.29, 0.717) is 17.6 Å². The fourth-order valence-corrected chi connectivity index (χ4v) is 3.28. The summed E-state index contributed by atoms with van der Waals surface area (Å²) in [6.45, 7) is 4.49. The van der Waals surface area contributed by atoms with Gasteiger partial charge in [-0.25, -0.2) is 0 Å². The molecule has 0 unspecified atom stereocenters. The molecule has 0 bridgehead atoms. The van der Waals surface area contributed by atoms with Crippen molar-refractivity contribution in [3.63, 3.8) is 0 Å². The molecule has 1 aliphatic heterocycles. The van der Waals surface area contributed by atoms with Gasteiger partial charge in [0.1, 0.15) is 5.69 Å². The van der Waals surface area contributed by atoms with Crippen LogP contribution in [0.5, 0.6) is 0 Å². The first-order chi connectivity index (χ1) is 11.9. The molecule has 0 radical (unpaired) electrons. The maximum absolute atomic E-state index is 12.1. The molecule has 2 amide bonds. The molecule has 1 atom stereocenters. The molecule has 0 aliphatic carbocycles. The second-order valence-electron chi connectivity index (χ2n) is 5.66. The SMILES string of the molecule is C=CC(=O)N1CCC[C@@H](Nc2c(C(=O)NC)cc(Br)cc2[N+](=O)[O-])C1. The molecule has 1 aromatic rings. The van der Waals surface area contributed by atoms with Gasteiger partial charge in [0.05, 0.1) is 10.5 Å². The van der Waals surface area contributed by atoms with Gasteiger partial charge in [0.15, 0.2) is 0 Å². The fourth-order valence-electron chi connectivity index (χ4n) is 2.83. The summed E-state index contributed by atoms with van der Waals surface area (Å²) < 4.78 is 0.440. The minimum Gasteiger partial charge on any atom is -0.374 e. The van der Waals surface area contributed by atoms with E-state index in [-0.39, 0.29) is 28.9 Å². The highest BCUT2D eigenvalue weighted by Gasteiger charge is 2.28. The number of hydrogen-bond donors (Lipinski definition) is 2. The third-order valence-electron chi connectivity index (χ3n) is 4.01. The third kappa shape index (κ3) is 4.36. The molecule has 1 aromatic carbocycles. The smallest absolute Gasteiger partial charge is 0.294 e. The topological polar surface area (TPSA) is 105 Å². The number of halogens is 1. The van der Waals surface area contributed by atoms with Gasteiger partial charge in [-0.3, -0.25) is 19.7 Å². The average Bonchev–Trinajstić information content (AvgIpc) is 2.61. The first-order valence-electron chi connectivity index (χ1n) is 7.75. The number of nitrogens with one attached hydrogen (secondary N) is 2. The summed E-state index contributed by atoms with van der Waals surface area (Å²) >= 11 is 3.20. The number of nitro benzene ring substituents is 1. The molecule has 25 heavy (non-hydrogen) atoms. The van der Waals surface area contributed by atoms with Crippen LogP contribution in [0.3, 0.4) is 0 Å². The molecule has 0 spiro atoms. The van der Waals surface area contributed by atoms with Crippen molar-refractivity contribution in [2.75, 3.05) is 25.5 Å². The summed E-state index contributed by atoms with van der Waals surface area (Å²) in [4.78, 5) is 36.5. The van der Waals surface area contributed by atoms with Gasteiger partial charge in [0.2, 0.25) is 5.91 Å². The van der Waals surface area contributed by atoms with E-state index < -0.39 is 10.8 Å². The van der Waals surface area contributed by atoms with Crippen molar-refractivity contribution in [3.05, 3.63) is 44.9 Å². The monoisotopic (exact) mass is 410 g/mol. The first kappa shape index (κ1) is 18.9. The highest BCUT2D eigenvalue weighted by Crippen LogP contribution is 2.34. The molecule has 1 saturated heterocycles. The van der Waals surface area contributed by atoms with E-state index in [1.165, 1.54) is 25.3 Å². The molecule has 9 heteroatoms. The number of nitro groups is 1. The number of benzene rings is 1. The lowest BCUT2D eigenvalue weighted by Crippen LogP contribution is -2.44. The Bertz CT molecular complexity index is 722. The van der Waals surface area contributed by atoms with Crippen LogP contribution in [0.2, 0.25) is 0 Å². The van der Waals surface area contributed by atoms with E-state index in [4.69, 9.17) is 0 Å². The molecule has 134 valence electrons. The molecule has 1 fully saturated rings. The van der Waals surface area contributed by atoms with Gasteiger partial charge in [-0.15, -0.1) is 0 Å². The predicted molar refractivity (Wildman–Crippen MR) is 97.6 cm³/mol. The van der Waals surface area contributed by atoms with Crippen LogP contribution < -0.4 is 10.6 Å². The molecule has 1 aliphatic rings. The van der Waals surface area contributed by atoms with Crippen LogP contribution in [0, 0.1) is 10.1 Å². The van der Waals surface area contributed by atoms with Gasteiger partial charge in [-0.1, -0.05) is 22.5 Å². The zero-order valence-corrected chi connectivity index (χ0v) is 15.3. The number of nitrogens with zero attached hydrogens (tertiary/aromatic N) is 2. The number of piperidine rings is 1. The van der Waals surface area contributed by atoms with E-state index >= 15 is 0 Å². The Morgan fingerprint density at radius 3 is 2.80 bits per heavy atom. The standard InChI is InChI=1S/C16H19BrN4O4/c1-3-14(22)20-6-4-5-11(9-20)19-15-12(16(23)18-2)7-10(17)8-13(15)21(24)25/h3,7-8,11,19H,1,4-6,9H2,2H3,(H,18,23)/t11-/m1/s1. The minimum absolute atomic E-state index is 0.158. The second-order valence-corrected chi connectivity index (χ2v) is 6.57. The average molecular weight is 411 g/mol. The molecular weight excluding hydrogens is 392 g/mol. The van der Waals surface area contributed by atoms with Crippen molar-refractivity contribution in [2.45, 2.75) is 18.9 Å². The maximum Gasteiger partial charge on any atom is 0.294 e. The Balaban J connectivity index is 2.36. The number of rotatable bonds is 5. The van der Waals surface area contributed by atoms with Crippen molar-refractivity contribution in [1.29, 1.82) is 0 Å². The highest BCUT2D eigenvalue weighted by atomic mass is 79.9. The molecule has 0 aromatic heterocycles. The lowest BCUT2D eigenvalue weighted by molar-refractivity contribution is -0.384. The molecule has 2 N–H and O–H groups in total. The summed E-state index contributed by atoms with van der Waals surface area (Å²) in [5.74, 6) is -0.606. The zero-order valence-electron chi connectivity index (χ0n) is 13.8. The van der Waals surface area contributed by atoms with Crippen LogP contribution in [-0.4, -0.2) is 47.8 Å². The molecular formula is C16H19BrN4O4. The molecule has 2 rings (SSSR count). The Labute approximate surface area is 153 Å². The summed E-state index contributed by atoms with van der Waals surface area (Å²) in [7, 11) is 1.46. The Morgan fingerprint density at radius 1 is 1.48 bits per heavy atom. The van der Waals surface area contributed by atoms with E-state index in [0.717, 1.165) is 12.8 Å². The van der Waals surface area contributed by atoms with E-state index in [9.17, 15) is 19.7 Å². The summed E-state index contributed by atoms with van der Waals surface area (Å²) in [5, 5.41) is 17.0. The van der Waals surface area contributed by atoms with Gasteiger partial charge in [-0.2, -0.15) is 0 Å². The van der Waals surface area contributed by atoms with Crippen molar-refractivity contribution < 1.29 is 14.5 Å². The predicted octanol–water partition coefficient (Wildman–Crippen LogP) is 2.31. The zero-order chi connectivity index (χ0) is 18.6. The quantitative estimate of drug-likeness (QED) is 0.440. The van der Waals surface area contributed by atoms with Crippen molar-refractivity contribution in [3.8, 4) is 0 Å². The molecule has 1 heterocycles. The number of amides is 2. The van der Waals surface area contributed by atoms with Crippen molar-refractivity contribution in [2.24, 2.45) is 0 Å². The summed E-state index contributed by atoms with van der Waals surface area (Å²) in [6, 6.07) is 2.69. The van der Waals surface area contributed by atoms with E-state index in [1.807, 2.05) is 0 Å². The largest absolute Gasteiger partial charge is 0.374 e. The lowest BCUT2D eigenvalue weighted by atomic mass is 10.0. The number of anilines is 1. The van der Waals surface area contributed by atoms with E-state index in [2.05, 4.69) is 33.1 Å². The molecule has 8 nitrogen and oxygen atoms in total. The van der Waals surface area contributed by atoms with Crippen LogP contribution in [0.15, 0.2) is 29.3 Å². The Hall–Kier alpha value is -2.42.